The number of hydrogen-bond donors (Lipinski definition) is 1. The van der Waals surface area contributed by atoms with Crippen molar-refractivity contribution in [2.75, 3.05) is 11.5 Å². The number of anilines is 1. The van der Waals surface area contributed by atoms with Crippen molar-refractivity contribution >= 4 is 21.6 Å². The van der Waals surface area contributed by atoms with Crippen molar-refractivity contribution in [3.63, 3.8) is 0 Å². The first-order valence-electron chi connectivity index (χ1n) is 9.24. The summed E-state index contributed by atoms with van der Waals surface area (Å²) in [6, 6.07) is 9.60. The Bertz CT molecular complexity index is 1160. The molecule has 0 atom stereocenters. The Labute approximate surface area is 172 Å². The number of nitrogens with zero attached hydrogens (tertiary/aromatic N) is 4. The number of rotatable bonds is 7. The van der Waals surface area contributed by atoms with Gasteiger partial charge in [0.25, 0.3) is 5.91 Å². The third kappa shape index (κ3) is 4.16. The molecule has 3 heterocycles. The highest BCUT2D eigenvalue weighted by Gasteiger charge is 2.29. The van der Waals surface area contributed by atoms with Crippen LogP contribution in [0, 0.1) is 0 Å². The molecule has 0 saturated heterocycles. The molecule has 10 nitrogen and oxygen atoms in total. The summed E-state index contributed by atoms with van der Waals surface area (Å²) < 4.78 is 38.6. The molecule has 30 heavy (non-hydrogen) atoms. The first kappa shape index (κ1) is 20.0. The standard InChI is InChI=1S/C19H19N5O5S/c1-2-18-22-17(23-29-18)11-24-15-9-14(6-7-16(15)28-12-19(24)25)30(26,27)21-10-13-5-3-4-8-20-13/h3-9,21H,2,10-12H2,1H3. The maximum absolute atomic E-state index is 12.8. The van der Waals surface area contributed by atoms with E-state index in [2.05, 4.69) is 19.8 Å². The number of pyridine rings is 1. The van der Waals surface area contributed by atoms with Crippen LogP contribution in [0.3, 0.4) is 0 Å². The number of sulfonamides is 1. The molecule has 4 rings (SSSR count). The van der Waals surface area contributed by atoms with Gasteiger partial charge >= 0.3 is 0 Å². The van der Waals surface area contributed by atoms with Crippen molar-refractivity contribution in [3.8, 4) is 5.75 Å². The van der Waals surface area contributed by atoms with Crippen LogP contribution in [0.2, 0.25) is 0 Å². The van der Waals surface area contributed by atoms with Crippen molar-refractivity contribution in [2.45, 2.75) is 31.3 Å². The van der Waals surface area contributed by atoms with E-state index in [1.54, 1.807) is 24.4 Å². The molecule has 0 radical (unpaired) electrons. The monoisotopic (exact) mass is 429 g/mol. The van der Waals surface area contributed by atoms with Crippen LogP contribution in [0.4, 0.5) is 5.69 Å². The van der Waals surface area contributed by atoms with Crippen LogP contribution < -0.4 is 14.4 Å². The van der Waals surface area contributed by atoms with Gasteiger partial charge in [-0.15, -0.1) is 0 Å². The molecular formula is C19H19N5O5S. The molecule has 2 aromatic heterocycles. The molecule has 0 bridgehead atoms. The Hall–Kier alpha value is -3.31. The molecular weight excluding hydrogens is 410 g/mol. The van der Waals surface area contributed by atoms with Gasteiger partial charge in [-0.1, -0.05) is 18.1 Å². The van der Waals surface area contributed by atoms with Crippen LogP contribution >= 0.6 is 0 Å². The van der Waals surface area contributed by atoms with E-state index in [4.69, 9.17) is 9.26 Å². The molecule has 0 aliphatic carbocycles. The van der Waals surface area contributed by atoms with Gasteiger partial charge in [-0.3, -0.25) is 14.7 Å². The summed E-state index contributed by atoms with van der Waals surface area (Å²) in [6.07, 6.45) is 2.16. The highest BCUT2D eigenvalue weighted by atomic mass is 32.2. The Balaban J connectivity index is 1.60. The molecule has 0 saturated carbocycles. The maximum Gasteiger partial charge on any atom is 0.265 e. The van der Waals surface area contributed by atoms with Crippen LogP contribution in [0.1, 0.15) is 24.3 Å². The van der Waals surface area contributed by atoms with Crippen molar-refractivity contribution in [3.05, 3.63) is 60.0 Å². The average Bonchev–Trinajstić information content (AvgIpc) is 3.22. The maximum atomic E-state index is 12.8. The van der Waals surface area contributed by atoms with Crippen LogP contribution in [0.15, 0.2) is 52.0 Å². The minimum atomic E-state index is -3.84. The van der Waals surface area contributed by atoms with Gasteiger partial charge in [0.2, 0.25) is 15.9 Å². The minimum Gasteiger partial charge on any atom is -0.482 e. The lowest BCUT2D eigenvalue weighted by Crippen LogP contribution is -2.38. The number of carbonyl (C=O) groups is 1. The SMILES string of the molecule is CCc1nc(CN2C(=O)COc3ccc(S(=O)(=O)NCc4ccccn4)cc32)no1. The van der Waals surface area contributed by atoms with Crippen molar-refractivity contribution in [2.24, 2.45) is 0 Å². The second kappa shape index (κ2) is 8.20. The molecule has 1 N–H and O–H groups in total. The van der Waals surface area contributed by atoms with Crippen LogP contribution in [0.25, 0.3) is 0 Å². The largest absolute Gasteiger partial charge is 0.482 e. The lowest BCUT2D eigenvalue weighted by Gasteiger charge is -2.28. The summed E-state index contributed by atoms with van der Waals surface area (Å²) >= 11 is 0. The van der Waals surface area contributed by atoms with E-state index >= 15 is 0 Å². The quantitative estimate of drug-likeness (QED) is 0.597. The topological polar surface area (TPSA) is 128 Å². The van der Waals surface area contributed by atoms with Crippen molar-refractivity contribution in [1.82, 2.24) is 19.8 Å². The summed E-state index contributed by atoms with van der Waals surface area (Å²) in [5.74, 6) is 0.856. The minimum absolute atomic E-state index is 0.00263. The molecule has 0 spiro atoms. The Morgan fingerprint density at radius 2 is 2.10 bits per heavy atom. The normalized spacial score (nSPS) is 13.8. The number of fused-ring (bicyclic) bond motifs is 1. The number of benzene rings is 1. The van der Waals surface area contributed by atoms with E-state index in [1.807, 2.05) is 6.92 Å². The molecule has 1 aromatic carbocycles. The average molecular weight is 429 g/mol. The summed E-state index contributed by atoms with van der Waals surface area (Å²) in [6.45, 7) is 1.81. The number of aryl methyl sites for hydroxylation is 1. The van der Waals surface area contributed by atoms with E-state index in [0.29, 0.717) is 35.3 Å². The Kier molecular flexibility index (Phi) is 5.46. The second-order valence-electron chi connectivity index (χ2n) is 6.50. The fourth-order valence-corrected chi connectivity index (χ4v) is 3.94. The zero-order valence-corrected chi connectivity index (χ0v) is 16.9. The van der Waals surface area contributed by atoms with Gasteiger partial charge in [0, 0.05) is 12.6 Å². The lowest BCUT2D eigenvalue weighted by atomic mass is 10.2. The summed E-state index contributed by atoms with van der Waals surface area (Å²) in [5, 5.41) is 3.86. The van der Waals surface area contributed by atoms with Crippen LogP contribution in [0.5, 0.6) is 5.75 Å². The van der Waals surface area contributed by atoms with E-state index < -0.39 is 10.0 Å². The zero-order valence-electron chi connectivity index (χ0n) is 16.1. The van der Waals surface area contributed by atoms with Gasteiger partial charge in [0.1, 0.15) is 5.75 Å². The first-order valence-corrected chi connectivity index (χ1v) is 10.7. The number of carbonyl (C=O) groups excluding carboxylic acids is 1. The number of aromatic nitrogens is 3. The van der Waals surface area contributed by atoms with Crippen LogP contribution in [-0.4, -0.2) is 36.1 Å². The van der Waals surface area contributed by atoms with Gasteiger partial charge in [-0.05, 0) is 30.3 Å². The van der Waals surface area contributed by atoms with Crippen molar-refractivity contribution < 1.29 is 22.5 Å². The Morgan fingerprint density at radius 3 is 2.83 bits per heavy atom. The Morgan fingerprint density at radius 1 is 1.23 bits per heavy atom. The predicted molar refractivity (Wildman–Crippen MR) is 105 cm³/mol. The highest BCUT2D eigenvalue weighted by molar-refractivity contribution is 7.89. The zero-order chi connectivity index (χ0) is 21.1. The van der Waals surface area contributed by atoms with E-state index in [1.165, 1.54) is 23.1 Å². The van der Waals surface area contributed by atoms with Crippen molar-refractivity contribution in [1.29, 1.82) is 0 Å². The lowest BCUT2D eigenvalue weighted by molar-refractivity contribution is -0.121. The van der Waals surface area contributed by atoms with E-state index in [-0.39, 0.29) is 30.5 Å². The van der Waals surface area contributed by atoms with Crippen LogP contribution in [-0.2, 0) is 34.3 Å². The number of nitrogens with one attached hydrogen (secondary N) is 1. The molecule has 156 valence electrons. The molecule has 1 amide bonds. The second-order valence-corrected chi connectivity index (χ2v) is 8.27. The molecule has 1 aliphatic rings. The number of ether oxygens (including phenoxy) is 1. The molecule has 0 unspecified atom stereocenters. The fourth-order valence-electron chi connectivity index (χ4n) is 2.92. The van der Waals surface area contributed by atoms with Gasteiger partial charge in [0.05, 0.1) is 29.4 Å². The fraction of sp³-hybridized carbons (Fsp3) is 0.263. The highest BCUT2D eigenvalue weighted by Crippen LogP contribution is 2.35. The molecule has 3 aromatic rings. The van der Waals surface area contributed by atoms with Gasteiger partial charge in [-0.2, -0.15) is 4.98 Å². The van der Waals surface area contributed by atoms with Gasteiger partial charge in [0.15, 0.2) is 12.4 Å². The van der Waals surface area contributed by atoms with E-state index in [0.717, 1.165) is 0 Å². The van der Waals surface area contributed by atoms with E-state index in [9.17, 15) is 13.2 Å². The smallest absolute Gasteiger partial charge is 0.265 e. The third-order valence-electron chi connectivity index (χ3n) is 4.47. The molecule has 0 fully saturated rings. The van der Waals surface area contributed by atoms with Gasteiger partial charge < -0.3 is 9.26 Å². The van der Waals surface area contributed by atoms with Gasteiger partial charge in [-0.25, -0.2) is 13.1 Å². The summed E-state index contributed by atoms with van der Waals surface area (Å²) in [5.41, 5.74) is 0.915. The summed E-state index contributed by atoms with van der Waals surface area (Å²) in [7, 11) is -3.84. The summed E-state index contributed by atoms with van der Waals surface area (Å²) in [4.78, 5) is 22.2. The first-order chi connectivity index (χ1) is 14.5. The molecule has 1 aliphatic heterocycles. The number of amides is 1. The third-order valence-corrected chi connectivity index (χ3v) is 5.86. The molecule has 11 heteroatoms. The predicted octanol–water partition coefficient (Wildman–Crippen LogP) is 1.43. The number of hydrogen-bond acceptors (Lipinski definition) is 8.